The summed E-state index contributed by atoms with van der Waals surface area (Å²) in [5.41, 5.74) is 1.17. The molecule has 0 aromatic heterocycles. The summed E-state index contributed by atoms with van der Waals surface area (Å²) in [7, 11) is 1.53. The predicted octanol–water partition coefficient (Wildman–Crippen LogP) is 1.57. The first-order chi connectivity index (χ1) is 13.9. The van der Waals surface area contributed by atoms with E-state index in [0.29, 0.717) is 22.7 Å². The summed E-state index contributed by atoms with van der Waals surface area (Å²) in [5, 5.41) is 7.19. The van der Waals surface area contributed by atoms with Crippen molar-refractivity contribution in [1.29, 1.82) is 0 Å². The van der Waals surface area contributed by atoms with E-state index in [4.69, 9.17) is 9.47 Å². The third kappa shape index (κ3) is 6.65. The number of ether oxygens (including phenoxy) is 2. The molecule has 0 saturated carbocycles. The van der Waals surface area contributed by atoms with Crippen LogP contribution in [0.25, 0.3) is 0 Å². The number of nitrogens with one attached hydrogen (secondary N) is 3. The van der Waals surface area contributed by atoms with Crippen molar-refractivity contribution >= 4 is 35.1 Å². The molecule has 0 unspecified atom stereocenters. The topological polar surface area (TPSA) is 123 Å². The van der Waals surface area contributed by atoms with E-state index in [0.717, 1.165) is 0 Å². The summed E-state index contributed by atoms with van der Waals surface area (Å²) in [5.74, 6) is -2.24. The van der Waals surface area contributed by atoms with Crippen molar-refractivity contribution in [2.24, 2.45) is 0 Å². The molecule has 0 fully saturated rings. The van der Waals surface area contributed by atoms with Gasteiger partial charge in [0.1, 0.15) is 5.75 Å². The van der Waals surface area contributed by atoms with Crippen LogP contribution in [0.4, 0.5) is 11.4 Å². The minimum atomic E-state index is -0.968. The first-order valence-corrected chi connectivity index (χ1v) is 8.73. The number of esters is 1. The number of hydrogen-bond acceptors (Lipinski definition) is 6. The lowest BCUT2D eigenvalue weighted by molar-refractivity contribution is -0.136. The minimum absolute atomic E-state index is 0.254. The van der Waals surface area contributed by atoms with Crippen molar-refractivity contribution in [3.8, 4) is 5.75 Å². The van der Waals surface area contributed by atoms with Crippen LogP contribution in [0, 0.1) is 0 Å². The number of hydrogen-bond donors (Lipinski definition) is 3. The molecule has 0 aliphatic heterocycles. The number of rotatable bonds is 7. The zero-order valence-electron chi connectivity index (χ0n) is 16.0. The molecule has 152 valence electrons. The molecule has 0 bridgehead atoms. The smallest absolute Gasteiger partial charge is 0.338 e. The normalized spacial score (nSPS) is 9.86. The molecule has 2 aromatic rings. The molecule has 29 heavy (non-hydrogen) atoms. The molecular weight excluding hydrogens is 378 g/mol. The van der Waals surface area contributed by atoms with E-state index in [1.54, 1.807) is 31.2 Å². The van der Waals surface area contributed by atoms with Crippen LogP contribution in [0.3, 0.4) is 0 Å². The molecule has 2 rings (SSSR count). The van der Waals surface area contributed by atoms with Crippen LogP contribution in [0.1, 0.15) is 17.3 Å². The lowest BCUT2D eigenvalue weighted by Gasteiger charge is -2.08. The van der Waals surface area contributed by atoms with Crippen LogP contribution in [0.5, 0.6) is 5.75 Å². The molecule has 0 aliphatic carbocycles. The Hall–Kier alpha value is -3.88. The average Bonchev–Trinajstić information content (AvgIpc) is 2.73. The van der Waals surface area contributed by atoms with Gasteiger partial charge in [0.2, 0.25) is 5.91 Å². The molecule has 0 radical (unpaired) electrons. The van der Waals surface area contributed by atoms with Gasteiger partial charge in [0.05, 0.1) is 25.8 Å². The highest BCUT2D eigenvalue weighted by Crippen LogP contribution is 2.14. The lowest BCUT2D eigenvalue weighted by atomic mass is 10.2. The van der Waals surface area contributed by atoms with Gasteiger partial charge in [-0.05, 0) is 55.5 Å². The highest BCUT2D eigenvalue weighted by atomic mass is 16.5. The highest BCUT2D eigenvalue weighted by molar-refractivity contribution is 6.39. The van der Waals surface area contributed by atoms with Crippen molar-refractivity contribution in [3.05, 3.63) is 54.1 Å². The van der Waals surface area contributed by atoms with Crippen LogP contribution in [0.2, 0.25) is 0 Å². The van der Waals surface area contributed by atoms with Crippen LogP contribution < -0.4 is 20.7 Å². The molecule has 3 N–H and O–H groups in total. The molecule has 0 saturated heterocycles. The van der Waals surface area contributed by atoms with Crippen LogP contribution in [-0.2, 0) is 19.1 Å². The Morgan fingerprint density at radius 3 is 2.00 bits per heavy atom. The van der Waals surface area contributed by atoms with Gasteiger partial charge in [-0.25, -0.2) is 4.79 Å². The number of anilines is 2. The fourth-order valence-electron chi connectivity index (χ4n) is 2.21. The Morgan fingerprint density at radius 2 is 1.41 bits per heavy atom. The second-order valence-corrected chi connectivity index (χ2v) is 5.71. The molecule has 0 spiro atoms. The maximum absolute atomic E-state index is 11.9. The van der Waals surface area contributed by atoms with Crippen molar-refractivity contribution in [2.45, 2.75) is 6.92 Å². The lowest BCUT2D eigenvalue weighted by Crippen LogP contribution is -2.39. The number of methoxy groups -OCH3 is 1. The molecule has 0 atom stereocenters. The fraction of sp³-hybridized carbons (Fsp3) is 0.200. The Kier molecular flexibility index (Phi) is 7.72. The molecule has 3 amide bonds. The first-order valence-electron chi connectivity index (χ1n) is 8.73. The number of amides is 3. The summed E-state index contributed by atoms with van der Waals surface area (Å²) < 4.78 is 9.88. The van der Waals surface area contributed by atoms with Gasteiger partial charge in [-0.15, -0.1) is 0 Å². The summed E-state index contributed by atoms with van der Waals surface area (Å²) >= 11 is 0. The zero-order valence-corrected chi connectivity index (χ0v) is 16.0. The van der Waals surface area contributed by atoms with E-state index in [2.05, 4.69) is 16.0 Å². The van der Waals surface area contributed by atoms with Gasteiger partial charge in [-0.1, -0.05) is 0 Å². The van der Waals surface area contributed by atoms with E-state index >= 15 is 0 Å². The predicted molar refractivity (Wildman–Crippen MR) is 106 cm³/mol. The second-order valence-electron chi connectivity index (χ2n) is 5.71. The van der Waals surface area contributed by atoms with Crippen LogP contribution in [0.15, 0.2) is 48.5 Å². The zero-order chi connectivity index (χ0) is 21.2. The van der Waals surface area contributed by atoms with Gasteiger partial charge >= 0.3 is 17.8 Å². The van der Waals surface area contributed by atoms with Gasteiger partial charge in [0.25, 0.3) is 0 Å². The number of carbonyl (C=O) groups is 4. The highest BCUT2D eigenvalue weighted by Gasteiger charge is 2.15. The third-order valence-corrected chi connectivity index (χ3v) is 3.64. The molecule has 9 heteroatoms. The SMILES string of the molecule is CCOC(=O)c1ccc(NC(=O)C(=O)NCC(=O)Nc2ccc(OC)cc2)cc1. The van der Waals surface area contributed by atoms with E-state index in [1.165, 1.54) is 31.4 Å². The Bertz CT molecular complexity index is 878. The van der Waals surface area contributed by atoms with E-state index in [1.807, 2.05) is 0 Å². The van der Waals surface area contributed by atoms with E-state index in [-0.39, 0.29) is 13.2 Å². The molecule has 2 aromatic carbocycles. The summed E-state index contributed by atoms with van der Waals surface area (Å²) in [6, 6.07) is 12.5. The van der Waals surface area contributed by atoms with Gasteiger partial charge in [0, 0.05) is 11.4 Å². The Balaban J connectivity index is 1.80. The van der Waals surface area contributed by atoms with Crippen molar-refractivity contribution in [2.75, 3.05) is 30.9 Å². The standard InChI is InChI=1S/C20H21N3O6/c1-3-29-20(27)13-4-6-15(7-5-13)23-19(26)18(25)21-12-17(24)22-14-8-10-16(28-2)11-9-14/h4-11H,3,12H2,1-2H3,(H,21,25)(H,22,24)(H,23,26). The summed E-state index contributed by atoms with van der Waals surface area (Å²) in [6.45, 7) is 1.58. The third-order valence-electron chi connectivity index (χ3n) is 3.64. The van der Waals surface area contributed by atoms with Gasteiger partial charge in [-0.2, -0.15) is 0 Å². The Morgan fingerprint density at radius 1 is 0.828 bits per heavy atom. The summed E-state index contributed by atoms with van der Waals surface area (Å²) in [4.78, 5) is 47.2. The fourth-order valence-corrected chi connectivity index (χ4v) is 2.21. The second kappa shape index (κ2) is 10.5. The maximum Gasteiger partial charge on any atom is 0.338 e. The van der Waals surface area contributed by atoms with Crippen molar-refractivity contribution < 1.29 is 28.7 Å². The van der Waals surface area contributed by atoms with E-state index < -0.39 is 23.7 Å². The monoisotopic (exact) mass is 399 g/mol. The van der Waals surface area contributed by atoms with E-state index in [9.17, 15) is 19.2 Å². The Labute approximate surface area is 167 Å². The minimum Gasteiger partial charge on any atom is -0.497 e. The largest absolute Gasteiger partial charge is 0.497 e. The summed E-state index contributed by atoms with van der Waals surface area (Å²) in [6.07, 6.45) is 0. The van der Waals surface area contributed by atoms with Crippen LogP contribution >= 0.6 is 0 Å². The number of benzene rings is 2. The van der Waals surface area contributed by atoms with Crippen molar-refractivity contribution in [1.82, 2.24) is 5.32 Å². The van der Waals surface area contributed by atoms with Gasteiger partial charge < -0.3 is 25.4 Å². The molecule has 0 aliphatic rings. The average molecular weight is 399 g/mol. The molecule has 9 nitrogen and oxygen atoms in total. The van der Waals surface area contributed by atoms with Crippen molar-refractivity contribution in [3.63, 3.8) is 0 Å². The van der Waals surface area contributed by atoms with Gasteiger partial charge in [-0.3, -0.25) is 14.4 Å². The maximum atomic E-state index is 11.9. The van der Waals surface area contributed by atoms with Gasteiger partial charge in [0.15, 0.2) is 0 Å². The molecular formula is C20H21N3O6. The number of carbonyl (C=O) groups excluding carboxylic acids is 4. The molecule has 0 heterocycles. The quantitative estimate of drug-likeness (QED) is 0.480. The van der Waals surface area contributed by atoms with Crippen LogP contribution in [-0.4, -0.2) is 44.0 Å². The first kappa shape index (κ1) is 21.4.